The van der Waals surface area contributed by atoms with Crippen LogP contribution >= 0.6 is 0 Å². The van der Waals surface area contributed by atoms with Crippen molar-refractivity contribution in [3.63, 3.8) is 0 Å². The number of ether oxygens (including phenoxy) is 1. The van der Waals surface area contributed by atoms with Gasteiger partial charge in [0.2, 0.25) is 5.89 Å². The monoisotopic (exact) mass is 282 g/mol. The Balaban J connectivity index is 2.15. The second-order valence-corrected chi connectivity index (χ2v) is 6.68. The molecule has 1 aliphatic heterocycles. The van der Waals surface area contributed by atoms with Gasteiger partial charge in [0, 0.05) is 0 Å². The third kappa shape index (κ3) is 3.49. The van der Waals surface area contributed by atoms with Gasteiger partial charge in [-0.15, -0.1) is 5.10 Å². The minimum Gasteiger partial charge on any atom is -0.406 e. The number of hydrogen-bond acceptors (Lipinski definition) is 6. The van der Waals surface area contributed by atoms with Crippen LogP contribution in [0.2, 0.25) is 0 Å². The van der Waals surface area contributed by atoms with Gasteiger partial charge in [-0.05, 0) is 41.2 Å². The second kappa shape index (κ2) is 5.33. The number of nitrogens with zero attached hydrogens (tertiary/aromatic N) is 3. The molecular formula is C14H26N4O2. The average molecular weight is 282 g/mol. The summed E-state index contributed by atoms with van der Waals surface area (Å²) in [7, 11) is 0. The fourth-order valence-corrected chi connectivity index (χ4v) is 2.85. The molecule has 1 unspecified atom stereocenters. The number of aromatic nitrogens is 2. The fraction of sp³-hybridized carbons (Fsp3) is 0.857. The van der Waals surface area contributed by atoms with Crippen LogP contribution in [-0.2, 0) is 4.74 Å². The van der Waals surface area contributed by atoms with Crippen LogP contribution in [0, 0.1) is 0 Å². The number of morpholine rings is 1. The molecular weight excluding hydrogens is 256 g/mol. The number of rotatable bonds is 4. The molecule has 0 aromatic carbocycles. The Hall–Kier alpha value is -1.14. The zero-order chi connectivity index (χ0) is 15.0. The van der Waals surface area contributed by atoms with Gasteiger partial charge in [-0.1, -0.05) is 12.0 Å². The van der Waals surface area contributed by atoms with E-state index in [2.05, 4.69) is 55.0 Å². The summed E-state index contributed by atoms with van der Waals surface area (Å²) in [6.07, 6.45) is 0. The quantitative estimate of drug-likeness (QED) is 0.913. The maximum absolute atomic E-state index is 6.06. The lowest BCUT2D eigenvalue weighted by atomic mass is 9.99. The molecule has 6 nitrogen and oxygen atoms in total. The molecule has 114 valence electrons. The van der Waals surface area contributed by atoms with E-state index in [4.69, 9.17) is 9.15 Å². The molecule has 1 N–H and O–H groups in total. The Morgan fingerprint density at radius 3 is 2.35 bits per heavy atom. The molecule has 0 radical (unpaired) electrons. The van der Waals surface area contributed by atoms with Crippen LogP contribution in [0.1, 0.15) is 53.5 Å². The van der Waals surface area contributed by atoms with Crippen molar-refractivity contribution in [2.45, 2.75) is 58.8 Å². The lowest BCUT2D eigenvalue weighted by Gasteiger charge is -2.46. The van der Waals surface area contributed by atoms with Crippen molar-refractivity contribution in [1.29, 1.82) is 0 Å². The summed E-state index contributed by atoms with van der Waals surface area (Å²) in [5, 5.41) is 11.6. The Labute approximate surface area is 120 Å². The van der Waals surface area contributed by atoms with Crippen LogP contribution in [-0.4, -0.2) is 41.0 Å². The highest BCUT2D eigenvalue weighted by Crippen LogP contribution is 2.31. The lowest BCUT2D eigenvalue weighted by molar-refractivity contribution is -0.134. The van der Waals surface area contributed by atoms with Crippen molar-refractivity contribution in [3.05, 3.63) is 5.89 Å². The molecule has 0 bridgehead atoms. The molecule has 2 heterocycles. The maximum Gasteiger partial charge on any atom is 0.318 e. The number of anilines is 1. The first-order valence-electron chi connectivity index (χ1n) is 7.24. The number of nitrogens with one attached hydrogen (secondary N) is 1. The van der Waals surface area contributed by atoms with Crippen molar-refractivity contribution in [1.82, 2.24) is 15.5 Å². The Morgan fingerprint density at radius 1 is 1.20 bits per heavy atom. The summed E-state index contributed by atoms with van der Waals surface area (Å²) in [5.74, 6) is 0.629. The minimum absolute atomic E-state index is 0.0725. The highest BCUT2D eigenvalue weighted by molar-refractivity contribution is 5.28. The zero-order valence-corrected chi connectivity index (χ0v) is 13.4. The van der Waals surface area contributed by atoms with Crippen molar-refractivity contribution in [3.8, 4) is 0 Å². The van der Waals surface area contributed by atoms with Gasteiger partial charge >= 0.3 is 6.01 Å². The lowest BCUT2D eigenvalue weighted by Crippen LogP contribution is -2.57. The summed E-state index contributed by atoms with van der Waals surface area (Å²) in [5.41, 5.74) is -0.465. The van der Waals surface area contributed by atoms with Crippen LogP contribution in [0.4, 0.5) is 6.01 Å². The van der Waals surface area contributed by atoms with Crippen LogP contribution in [0.25, 0.3) is 0 Å². The summed E-state index contributed by atoms with van der Waals surface area (Å²) < 4.78 is 11.9. The first-order chi connectivity index (χ1) is 9.22. The van der Waals surface area contributed by atoms with Crippen molar-refractivity contribution < 1.29 is 9.15 Å². The zero-order valence-electron chi connectivity index (χ0n) is 13.4. The predicted octanol–water partition coefficient (Wildman–Crippen LogP) is 2.13. The summed E-state index contributed by atoms with van der Waals surface area (Å²) in [4.78, 5) is 2.11. The highest BCUT2D eigenvalue weighted by atomic mass is 16.5. The van der Waals surface area contributed by atoms with E-state index in [1.165, 1.54) is 0 Å². The van der Waals surface area contributed by atoms with Gasteiger partial charge in [0.05, 0.1) is 30.3 Å². The van der Waals surface area contributed by atoms with Crippen LogP contribution < -0.4 is 10.2 Å². The van der Waals surface area contributed by atoms with Gasteiger partial charge < -0.3 is 19.4 Å². The van der Waals surface area contributed by atoms with Gasteiger partial charge in [0.1, 0.15) is 0 Å². The van der Waals surface area contributed by atoms with E-state index in [0.29, 0.717) is 11.9 Å². The Morgan fingerprint density at radius 2 is 1.80 bits per heavy atom. The van der Waals surface area contributed by atoms with E-state index in [-0.39, 0.29) is 17.2 Å². The molecule has 20 heavy (non-hydrogen) atoms. The molecule has 1 fully saturated rings. The largest absolute Gasteiger partial charge is 0.406 e. The summed E-state index contributed by atoms with van der Waals surface area (Å²) in [6.45, 7) is 14.8. The summed E-state index contributed by atoms with van der Waals surface area (Å²) >= 11 is 0. The first kappa shape index (κ1) is 15.3. The molecule has 1 aliphatic rings. The van der Waals surface area contributed by atoms with E-state index in [0.717, 1.165) is 19.6 Å². The molecule has 2 rings (SSSR count). The van der Waals surface area contributed by atoms with Crippen LogP contribution in [0.3, 0.4) is 0 Å². The molecule has 1 saturated heterocycles. The van der Waals surface area contributed by atoms with Crippen molar-refractivity contribution >= 4 is 6.01 Å². The maximum atomic E-state index is 6.06. The first-order valence-corrected chi connectivity index (χ1v) is 7.24. The topological polar surface area (TPSA) is 63.4 Å². The SMILES string of the molecule is CCNC(C)c1nnc(N2CC(C)(C)OC(C)(C)C2)o1. The van der Waals surface area contributed by atoms with Crippen LogP contribution in [0.5, 0.6) is 0 Å². The molecule has 0 aliphatic carbocycles. The van der Waals surface area contributed by atoms with Crippen molar-refractivity contribution in [2.24, 2.45) is 0 Å². The highest BCUT2D eigenvalue weighted by Gasteiger charge is 2.40. The van der Waals surface area contributed by atoms with Gasteiger partial charge in [0.15, 0.2) is 0 Å². The normalized spacial score (nSPS) is 22.8. The molecule has 6 heteroatoms. The summed E-state index contributed by atoms with van der Waals surface area (Å²) in [6, 6.07) is 0.650. The van der Waals surface area contributed by atoms with Gasteiger partial charge in [0.25, 0.3) is 0 Å². The molecule has 0 spiro atoms. The van der Waals surface area contributed by atoms with E-state index in [9.17, 15) is 0 Å². The van der Waals surface area contributed by atoms with Crippen LogP contribution in [0.15, 0.2) is 4.42 Å². The number of hydrogen-bond donors (Lipinski definition) is 1. The predicted molar refractivity (Wildman–Crippen MR) is 77.8 cm³/mol. The molecule has 1 aromatic heterocycles. The molecule has 0 saturated carbocycles. The van der Waals surface area contributed by atoms with Gasteiger partial charge in [-0.3, -0.25) is 0 Å². The molecule has 1 atom stereocenters. The average Bonchev–Trinajstić information content (AvgIpc) is 2.74. The van der Waals surface area contributed by atoms with Crippen molar-refractivity contribution in [2.75, 3.05) is 24.5 Å². The minimum atomic E-state index is -0.232. The van der Waals surface area contributed by atoms with E-state index < -0.39 is 0 Å². The molecule has 0 amide bonds. The van der Waals surface area contributed by atoms with E-state index >= 15 is 0 Å². The smallest absolute Gasteiger partial charge is 0.318 e. The molecule has 1 aromatic rings. The third-order valence-corrected chi connectivity index (χ3v) is 3.28. The Bertz CT molecular complexity index is 440. The van der Waals surface area contributed by atoms with E-state index in [1.54, 1.807) is 0 Å². The standard InChI is InChI=1S/C14H26N4O2/c1-7-15-10(2)11-16-17-12(19-11)18-8-13(3,4)20-14(5,6)9-18/h10,15H,7-9H2,1-6H3. The van der Waals surface area contributed by atoms with Gasteiger partial charge in [-0.25, -0.2) is 0 Å². The third-order valence-electron chi connectivity index (χ3n) is 3.28. The fourth-order valence-electron chi connectivity index (χ4n) is 2.85. The second-order valence-electron chi connectivity index (χ2n) is 6.68. The Kier molecular flexibility index (Phi) is 4.07. The van der Waals surface area contributed by atoms with E-state index in [1.807, 2.05) is 6.92 Å². The van der Waals surface area contributed by atoms with Gasteiger partial charge in [-0.2, -0.15) is 0 Å².